The van der Waals surface area contributed by atoms with Gasteiger partial charge in [-0.1, -0.05) is 12.0 Å². The van der Waals surface area contributed by atoms with Gasteiger partial charge in [0, 0.05) is 18.7 Å². The first-order valence-electron chi connectivity index (χ1n) is 11.1. The number of carbonyl (C=O) groups excluding carboxylic acids is 1. The van der Waals surface area contributed by atoms with E-state index in [0.29, 0.717) is 36.2 Å². The molecule has 3 N–H and O–H groups in total. The second-order valence-corrected chi connectivity index (χ2v) is 8.20. The number of ether oxygens (including phenoxy) is 1. The van der Waals surface area contributed by atoms with E-state index in [1.165, 1.54) is 18.2 Å². The molecule has 0 radical (unpaired) electrons. The molecule has 5 rings (SSSR count). The Morgan fingerprint density at radius 1 is 1.19 bits per heavy atom. The zero-order valence-electron chi connectivity index (χ0n) is 19.1. The number of rotatable bonds is 4. The molecule has 182 valence electrons. The zero-order valence-corrected chi connectivity index (χ0v) is 19.1. The van der Waals surface area contributed by atoms with Crippen molar-refractivity contribution in [3.8, 4) is 34.6 Å². The number of fused-ring (bicyclic) bond motifs is 1. The van der Waals surface area contributed by atoms with Gasteiger partial charge in [0.25, 0.3) is 11.5 Å². The number of hydrogen-bond donors (Lipinski definition) is 2. The molecule has 0 bridgehead atoms. The predicted octanol–water partition coefficient (Wildman–Crippen LogP) is 3.24. The number of nitrogens with one attached hydrogen (secondary N) is 1. The van der Waals surface area contributed by atoms with Gasteiger partial charge in [-0.05, 0) is 55.7 Å². The van der Waals surface area contributed by atoms with Crippen LogP contribution in [0.1, 0.15) is 19.4 Å². The van der Waals surface area contributed by atoms with Crippen LogP contribution in [-0.2, 0) is 4.79 Å². The van der Waals surface area contributed by atoms with E-state index >= 15 is 0 Å². The lowest BCUT2D eigenvalue weighted by atomic mass is 10.1. The maximum absolute atomic E-state index is 13.9. The first-order valence-corrected chi connectivity index (χ1v) is 11.1. The summed E-state index contributed by atoms with van der Waals surface area (Å²) in [5.41, 5.74) is 6.90. The Balaban J connectivity index is 1.52. The molecule has 0 saturated carbocycles. The van der Waals surface area contributed by atoms with Crippen molar-refractivity contribution < 1.29 is 18.3 Å². The third-order valence-electron chi connectivity index (χ3n) is 5.95. The molecule has 2 aromatic heterocycles. The summed E-state index contributed by atoms with van der Waals surface area (Å²) >= 11 is 0. The highest BCUT2D eigenvalue weighted by Crippen LogP contribution is 2.35. The van der Waals surface area contributed by atoms with Crippen LogP contribution in [0.4, 0.5) is 14.6 Å². The van der Waals surface area contributed by atoms with Crippen molar-refractivity contribution >= 4 is 22.6 Å². The third-order valence-corrected chi connectivity index (χ3v) is 5.95. The van der Waals surface area contributed by atoms with Crippen molar-refractivity contribution in [1.82, 2.24) is 24.9 Å². The number of anilines is 1. The largest absolute Gasteiger partial charge is 0.451 e. The molecule has 3 heterocycles. The summed E-state index contributed by atoms with van der Waals surface area (Å²) in [5.74, 6) is 2.98. The summed E-state index contributed by atoms with van der Waals surface area (Å²) in [6.45, 7) is 2.41. The highest BCUT2D eigenvalue weighted by Gasteiger charge is 2.31. The van der Waals surface area contributed by atoms with Gasteiger partial charge in [0.1, 0.15) is 17.0 Å². The van der Waals surface area contributed by atoms with E-state index in [0.717, 1.165) is 12.1 Å². The van der Waals surface area contributed by atoms with Crippen LogP contribution in [-0.4, -0.2) is 43.9 Å². The first-order chi connectivity index (χ1) is 17.4. The van der Waals surface area contributed by atoms with E-state index in [1.54, 1.807) is 28.6 Å². The van der Waals surface area contributed by atoms with Gasteiger partial charge >= 0.3 is 0 Å². The summed E-state index contributed by atoms with van der Waals surface area (Å²) in [5, 5.41) is 11.3. The number of likely N-dealkylation sites (tertiary alicyclic amines) is 1. The lowest BCUT2D eigenvalue weighted by molar-refractivity contribution is -0.124. The van der Waals surface area contributed by atoms with Gasteiger partial charge in [-0.25, -0.2) is 13.9 Å². The molecule has 0 aliphatic carbocycles. The molecule has 2 aromatic carbocycles. The lowest BCUT2D eigenvalue weighted by Crippen LogP contribution is -2.28. The second-order valence-electron chi connectivity index (χ2n) is 8.20. The number of hydrogen-bond acceptors (Lipinski definition) is 6. The van der Waals surface area contributed by atoms with E-state index in [2.05, 4.69) is 27.1 Å². The molecular formula is C25H20F2N6O3. The van der Waals surface area contributed by atoms with E-state index < -0.39 is 22.9 Å². The number of aromatic nitrogens is 4. The van der Waals surface area contributed by atoms with Crippen LogP contribution in [0.2, 0.25) is 0 Å². The Morgan fingerprint density at radius 3 is 2.61 bits per heavy atom. The molecule has 1 amide bonds. The Labute approximate surface area is 203 Å². The normalized spacial score (nSPS) is 15.1. The van der Waals surface area contributed by atoms with Gasteiger partial charge in [0.2, 0.25) is 0 Å². The van der Waals surface area contributed by atoms with Gasteiger partial charge in [0.15, 0.2) is 23.2 Å². The standard InChI is InChI=1S/C25H20F2N6O3/c1-2-4-19(34)32-12-11-15(13-32)33-22-20(24(28)29-30-25(22)35)21(31-33)14-7-9-16(10-8-14)36-23-17(26)5-3-6-18(23)27/h3,5-10,15H,11-13H2,1H3,(H2,28,29)(H,30,35)/t15-/m1/s1. The van der Waals surface area contributed by atoms with Crippen LogP contribution >= 0.6 is 0 Å². The fourth-order valence-electron chi connectivity index (χ4n) is 4.27. The Hall–Kier alpha value is -4.72. The maximum atomic E-state index is 13.9. The minimum absolute atomic E-state index is 0.0855. The van der Waals surface area contributed by atoms with E-state index in [4.69, 9.17) is 10.5 Å². The van der Waals surface area contributed by atoms with Crippen molar-refractivity contribution in [1.29, 1.82) is 0 Å². The molecule has 0 spiro atoms. The van der Waals surface area contributed by atoms with Crippen LogP contribution in [0.15, 0.2) is 47.3 Å². The molecule has 1 saturated heterocycles. The summed E-state index contributed by atoms with van der Waals surface area (Å²) in [6.07, 6.45) is 0.579. The van der Waals surface area contributed by atoms with E-state index in [-0.39, 0.29) is 29.0 Å². The first kappa shape index (κ1) is 23.0. The maximum Gasteiger partial charge on any atom is 0.298 e. The molecule has 1 aliphatic heterocycles. The van der Waals surface area contributed by atoms with Gasteiger partial charge in [-0.3, -0.25) is 14.3 Å². The summed E-state index contributed by atoms with van der Waals surface area (Å²) in [4.78, 5) is 26.6. The molecule has 4 aromatic rings. The SMILES string of the molecule is CC#CC(=O)N1CC[C@@H](n2nc(-c3ccc(Oc4c(F)cccc4F)cc3)c3c(N)n[nH]c(=O)c32)C1. The number of nitrogens with zero attached hydrogens (tertiary/aromatic N) is 4. The molecule has 1 atom stereocenters. The molecular weight excluding hydrogens is 470 g/mol. The van der Waals surface area contributed by atoms with Crippen LogP contribution in [0, 0.1) is 23.5 Å². The topological polar surface area (TPSA) is 119 Å². The zero-order chi connectivity index (χ0) is 25.4. The number of nitrogens with two attached hydrogens (primary N) is 1. The van der Waals surface area contributed by atoms with Crippen molar-refractivity contribution in [3.63, 3.8) is 0 Å². The Morgan fingerprint density at radius 2 is 1.92 bits per heavy atom. The number of carbonyl (C=O) groups is 1. The number of amides is 1. The number of halogens is 2. The van der Waals surface area contributed by atoms with Crippen LogP contribution in [0.25, 0.3) is 22.2 Å². The van der Waals surface area contributed by atoms with Gasteiger partial charge in [-0.2, -0.15) is 10.2 Å². The van der Waals surface area contributed by atoms with Gasteiger partial charge in [-0.15, -0.1) is 0 Å². The van der Waals surface area contributed by atoms with Gasteiger partial charge < -0.3 is 15.4 Å². The summed E-state index contributed by atoms with van der Waals surface area (Å²) < 4.78 is 34.9. The molecule has 9 nitrogen and oxygen atoms in total. The van der Waals surface area contributed by atoms with Crippen LogP contribution in [0.3, 0.4) is 0 Å². The van der Waals surface area contributed by atoms with Crippen molar-refractivity contribution in [2.45, 2.75) is 19.4 Å². The van der Waals surface area contributed by atoms with Gasteiger partial charge in [0.05, 0.1) is 11.4 Å². The monoisotopic (exact) mass is 490 g/mol. The Kier molecular flexibility index (Phi) is 5.85. The Bertz CT molecular complexity index is 1580. The quantitative estimate of drug-likeness (QED) is 0.424. The summed E-state index contributed by atoms with van der Waals surface area (Å²) in [6, 6.07) is 9.53. The second kappa shape index (κ2) is 9.14. The summed E-state index contributed by atoms with van der Waals surface area (Å²) in [7, 11) is 0. The number of nitrogen functional groups attached to an aromatic ring is 1. The molecule has 1 aliphatic rings. The highest BCUT2D eigenvalue weighted by molar-refractivity contribution is 5.99. The molecule has 1 fully saturated rings. The van der Waals surface area contributed by atoms with E-state index in [9.17, 15) is 18.4 Å². The number of H-pyrrole nitrogens is 1. The molecule has 0 unspecified atom stereocenters. The molecule has 36 heavy (non-hydrogen) atoms. The third kappa shape index (κ3) is 4.02. The molecule has 11 heteroatoms. The van der Waals surface area contributed by atoms with Crippen LogP contribution < -0.4 is 16.0 Å². The van der Waals surface area contributed by atoms with Crippen molar-refractivity contribution in [2.75, 3.05) is 18.8 Å². The highest BCUT2D eigenvalue weighted by atomic mass is 19.1. The number of benzene rings is 2. The number of para-hydroxylation sites is 1. The smallest absolute Gasteiger partial charge is 0.298 e. The minimum atomic E-state index is -0.823. The van der Waals surface area contributed by atoms with Crippen LogP contribution in [0.5, 0.6) is 11.5 Å². The average Bonchev–Trinajstić information content (AvgIpc) is 3.51. The minimum Gasteiger partial charge on any atom is -0.451 e. The fourth-order valence-corrected chi connectivity index (χ4v) is 4.27. The lowest BCUT2D eigenvalue weighted by Gasteiger charge is -2.14. The van der Waals surface area contributed by atoms with Crippen molar-refractivity contribution in [2.24, 2.45) is 0 Å². The average molecular weight is 490 g/mol. The van der Waals surface area contributed by atoms with E-state index in [1.807, 2.05) is 0 Å². The fraction of sp³-hybridized carbons (Fsp3) is 0.200. The number of aromatic amines is 1. The van der Waals surface area contributed by atoms with Crippen molar-refractivity contribution in [3.05, 3.63) is 64.5 Å². The predicted molar refractivity (Wildman–Crippen MR) is 128 cm³/mol.